The summed E-state index contributed by atoms with van der Waals surface area (Å²) in [6, 6.07) is 4.19. The number of benzene rings is 1. The van der Waals surface area contributed by atoms with Gasteiger partial charge in [0.25, 0.3) is 0 Å². The zero-order chi connectivity index (χ0) is 17.1. The van der Waals surface area contributed by atoms with Gasteiger partial charge in [-0.1, -0.05) is 25.6 Å². The number of alkyl halides is 3. The molecule has 1 heterocycles. The number of halogens is 3. The molecule has 2 N–H and O–H groups in total. The molecule has 0 aliphatic carbocycles. The van der Waals surface area contributed by atoms with Gasteiger partial charge in [0.1, 0.15) is 8.07 Å². The zero-order valence-corrected chi connectivity index (χ0v) is 14.8. The van der Waals surface area contributed by atoms with Crippen LogP contribution in [0.25, 0.3) is 0 Å². The maximum absolute atomic E-state index is 13.1. The summed E-state index contributed by atoms with van der Waals surface area (Å²) in [5.41, 5.74) is 3.40. The highest BCUT2D eigenvalue weighted by Crippen LogP contribution is 2.32. The van der Waals surface area contributed by atoms with Crippen molar-refractivity contribution >= 4 is 13.8 Å². The van der Waals surface area contributed by atoms with Gasteiger partial charge in [0.2, 0.25) is 0 Å². The Hall–Kier alpha value is -1.45. The third kappa shape index (κ3) is 5.92. The van der Waals surface area contributed by atoms with E-state index in [1.54, 1.807) is 6.07 Å². The highest BCUT2D eigenvalue weighted by molar-refractivity contribution is 6.83. The Labute approximate surface area is 136 Å². The molecule has 1 fully saturated rings. The van der Waals surface area contributed by atoms with Crippen LogP contribution in [-0.2, 0) is 6.18 Å². The summed E-state index contributed by atoms with van der Waals surface area (Å²) in [6.07, 6.45) is -2.38. The number of nitrogens with one attached hydrogen (secondary N) is 2. The fraction of sp³-hybridized carbons (Fsp3) is 0.529. The van der Waals surface area contributed by atoms with Crippen molar-refractivity contribution in [2.45, 2.75) is 44.7 Å². The fourth-order valence-corrected chi connectivity index (χ4v) is 2.94. The molecule has 1 unspecified atom stereocenters. The van der Waals surface area contributed by atoms with E-state index >= 15 is 0 Å². The topological polar surface area (TPSA) is 24.1 Å². The van der Waals surface area contributed by atoms with Crippen LogP contribution in [0.2, 0.25) is 19.6 Å². The smallest absolute Gasteiger partial charge is 0.381 e. The molecule has 1 aliphatic heterocycles. The van der Waals surface area contributed by atoms with E-state index in [1.807, 2.05) is 0 Å². The van der Waals surface area contributed by atoms with Crippen LogP contribution >= 0.6 is 0 Å². The van der Waals surface area contributed by atoms with Crippen molar-refractivity contribution in [2.75, 3.05) is 18.4 Å². The molecule has 0 bridgehead atoms. The van der Waals surface area contributed by atoms with Gasteiger partial charge in [0, 0.05) is 23.8 Å². The van der Waals surface area contributed by atoms with E-state index in [2.05, 4.69) is 41.7 Å². The van der Waals surface area contributed by atoms with E-state index in [9.17, 15) is 13.2 Å². The average molecular weight is 340 g/mol. The number of hydrogen-bond donors (Lipinski definition) is 2. The molecule has 0 spiro atoms. The molecular weight excluding hydrogens is 317 g/mol. The third-order valence-corrected chi connectivity index (χ3v) is 4.38. The third-order valence-electron chi connectivity index (χ3n) is 3.51. The van der Waals surface area contributed by atoms with Gasteiger partial charge in [-0.05, 0) is 37.6 Å². The minimum Gasteiger partial charge on any atom is -0.381 e. The summed E-state index contributed by atoms with van der Waals surface area (Å²) in [4.78, 5) is 0. The lowest BCUT2D eigenvalue weighted by atomic mass is 10.1. The summed E-state index contributed by atoms with van der Waals surface area (Å²) < 4.78 is 39.4. The molecule has 23 heavy (non-hydrogen) atoms. The van der Waals surface area contributed by atoms with Gasteiger partial charge in [-0.25, -0.2) is 0 Å². The summed E-state index contributed by atoms with van der Waals surface area (Å²) in [5.74, 6) is 2.93. The van der Waals surface area contributed by atoms with Gasteiger partial charge in [0.05, 0.1) is 5.56 Å². The first kappa shape index (κ1) is 17.9. The minimum atomic E-state index is -4.36. The van der Waals surface area contributed by atoms with Gasteiger partial charge in [-0.2, -0.15) is 13.2 Å². The van der Waals surface area contributed by atoms with E-state index in [4.69, 9.17) is 0 Å². The standard InChI is InChI=1S/C17H23F3N2Si/c1-23(2,3)8-6-13-9-14(17(18,19)20)11-16(10-13)22-15-5-4-7-21-12-15/h9-11,15,21-22H,4-5,7,12H2,1-3H3. The van der Waals surface area contributed by atoms with E-state index in [0.29, 0.717) is 11.3 Å². The average Bonchev–Trinajstić information content (AvgIpc) is 2.44. The van der Waals surface area contributed by atoms with Gasteiger partial charge in [-0.15, -0.1) is 5.54 Å². The van der Waals surface area contributed by atoms with E-state index < -0.39 is 19.8 Å². The van der Waals surface area contributed by atoms with Crippen molar-refractivity contribution < 1.29 is 13.2 Å². The van der Waals surface area contributed by atoms with Crippen molar-refractivity contribution in [2.24, 2.45) is 0 Å². The molecule has 0 saturated carbocycles. The van der Waals surface area contributed by atoms with E-state index in [-0.39, 0.29) is 6.04 Å². The van der Waals surface area contributed by atoms with Crippen LogP contribution in [0.5, 0.6) is 0 Å². The molecule has 0 radical (unpaired) electrons. The van der Waals surface area contributed by atoms with Crippen LogP contribution in [0.1, 0.15) is 24.0 Å². The first-order valence-corrected chi connectivity index (χ1v) is 11.4. The van der Waals surface area contributed by atoms with Crippen molar-refractivity contribution in [1.29, 1.82) is 0 Å². The molecule has 126 valence electrons. The second-order valence-electron chi connectivity index (χ2n) is 6.98. The number of rotatable bonds is 2. The Morgan fingerprint density at radius 2 is 1.96 bits per heavy atom. The molecule has 1 aromatic carbocycles. The Balaban J connectivity index is 2.30. The second kappa shape index (κ2) is 6.98. The summed E-state index contributed by atoms with van der Waals surface area (Å²) in [5, 5.41) is 6.46. The summed E-state index contributed by atoms with van der Waals surface area (Å²) in [7, 11) is -1.64. The van der Waals surface area contributed by atoms with Crippen LogP contribution in [0, 0.1) is 11.5 Å². The lowest BCUT2D eigenvalue weighted by Gasteiger charge is -2.25. The van der Waals surface area contributed by atoms with Crippen LogP contribution in [0.15, 0.2) is 18.2 Å². The molecule has 6 heteroatoms. The molecule has 2 rings (SSSR count). The molecule has 1 aliphatic rings. The molecule has 1 aromatic rings. The Bertz CT molecular complexity index is 603. The van der Waals surface area contributed by atoms with Gasteiger partial charge >= 0.3 is 6.18 Å². The maximum Gasteiger partial charge on any atom is 0.416 e. The monoisotopic (exact) mass is 340 g/mol. The van der Waals surface area contributed by atoms with Gasteiger partial charge in [-0.3, -0.25) is 0 Å². The zero-order valence-electron chi connectivity index (χ0n) is 13.8. The van der Waals surface area contributed by atoms with Crippen molar-refractivity contribution in [3.63, 3.8) is 0 Å². The molecule has 0 amide bonds. The van der Waals surface area contributed by atoms with Crippen molar-refractivity contribution in [3.8, 4) is 11.5 Å². The first-order valence-electron chi connectivity index (χ1n) is 7.86. The van der Waals surface area contributed by atoms with Crippen LogP contribution < -0.4 is 10.6 Å². The fourth-order valence-electron chi connectivity index (χ4n) is 2.42. The first-order chi connectivity index (χ1) is 10.6. The predicted molar refractivity (Wildman–Crippen MR) is 91.2 cm³/mol. The van der Waals surface area contributed by atoms with Crippen LogP contribution in [0.4, 0.5) is 18.9 Å². The lowest BCUT2D eigenvalue weighted by Crippen LogP contribution is -2.38. The molecule has 1 atom stereocenters. The summed E-state index contributed by atoms with van der Waals surface area (Å²) >= 11 is 0. The Kier molecular flexibility index (Phi) is 5.43. The van der Waals surface area contributed by atoms with Crippen LogP contribution in [-0.4, -0.2) is 27.2 Å². The molecule has 0 aromatic heterocycles. The highest BCUT2D eigenvalue weighted by Gasteiger charge is 2.31. The Morgan fingerprint density at radius 1 is 1.22 bits per heavy atom. The highest BCUT2D eigenvalue weighted by atomic mass is 28.3. The number of piperidine rings is 1. The van der Waals surface area contributed by atoms with Crippen molar-refractivity contribution in [1.82, 2.24) is 5.32 Å². The SMILES string of the molecule is C[Si](C)(C)C#Cc1cc(NC2CCCNC2)cc(C(F)(F)F)c1. The number of anilines is 1. The maximum atomic E-state index is 13.1. The van der Waals surface area contributed by atoms with Gasteiger partial charge < -0.3 is 10.6 Å². The lowest BCUT2D eigenvalue weighted by molar-refractivity contribution is -0.137. The van der Waals surface area contributed by atoms with E-state index in [1.165, 1.54) is 6.07 Å². The van der Waals surface area contributed by atoms with Crippen molar-refractivity contribution in [3.05, 3.63) is 29.3 Å². The normalized spacial score (nSPS) is 19.0. The minimum absolute atomic E-state index is 0.157. The van der Waals surface area contributed by atoms with E-state index in [0.717, 1.165) is 32.0 Å². The van der Waals surface area contributed by atoms with Crippen LogP contribution in [0.3, 0.4) is 0 Å². The predicted octanol–water partition coefficient (Wildman–Crippen LogP) is 4.10. The number of hydrogen-bond acceptors (Lipinski definition) is 2. The summed E-state index contributed by atoms with van der Waals surface area (Å²) in [6.45, 7) is 7.95. The molecule has 2 nitrogen and oxygen atoms in total. The molecule has 1 saturated heterocycles. The Morgan fingerprint density at radius 3 is 2.52 bits per heavy atom. The second-order valence-corrected chi connectivity index (χ2v) is 11.7. The largest absolute Gasteiger partial charge is 0.416 e. The quantitative estimate of drug-likeness (QED) is 0.626. The van der Waals surface area contributed by atoms with Gasteiger partial charge in [0.15, 0.2) is 0 Å². The molecular formula is C17H23F3N2Si.